The zero-order chi connectivity index (χ0) is 18.6. The largest absolute Gasteiger partial charge is 0.484 e. The van der Waals surface area contributed by atoms with Crippen LogP contribution in [0.15, 0.2) is 54.9 Å². The van der Waals surface area contributed by atoms with Crippen LogP contribution >= 0.6 is 11.6 Å². The predicted octanol–water partition coefficient (Wildman–Crippen LogP) is 3.34. The molecule has 0 radical (unpaired) electrons. The Morgan fingerprint density at radius 1 is 1.15 bits per heavy atom. The summed E-state index contributed by atoms with van der Waals surface area (Å²) in [6.07, 6.45) is 3.57. The molecule has 6 nitrogen and oxygen atoms in total. The van der Waals surface area contributed by atoms with Crippen molar-refractivity contribution in [3.8, 4) is 11.8 Å². The van der Waals surface area contributed by atoms with Crippen LogP contribution in [0.3, 0.4) is 0 Å². The van der Waals surface area contributed by atoms with Crippen LogP contribution < -0.4 is 9.47 Å². The summed E-state index contributed by atoms with van der Waals surface area (Å²) in [5.41, 5.74) is 0. The highest BCUT2D eigenvalue weighted by Crippen LogP contribution is 2.21. The molecule has 0 saturated carbocycles. The maximum atomic E-state index is 12.4. The zero-order valence-corrected chi connectivity index (χ0v) is 15.3. The maximum absolute atomic E-state index is 12.4. The first-order valence-corrected chi connectivity index (χ1v) is 9.09. The van der Waals surface area contributed by atoms with E-state index in [1.165, 1.54) is 12.4 Å². The first-order valence-electron chi connectivity index (χ1n) is 8.71. The lowest BCUT2D eigenvalue weighted by molar-refractivity contribution is -0.132. The van der Waals surface area contributed by atoms with Crippen LogP contribution in [-0.4, -0.2) is 46.6 Å². The van der Waals surface area contributed by atoms with E-state index >= 15 is 0 Å². The average molecular weight is 384 g/mol. The Kier molecular flexibility index (Phi) is 5.07. The minimum absolute atomic E-state index is 0.00249. The van der Waals surface area contributed by atoms with E-state index in [0.29, 0.717) is 23.9 Å². The molecule has 1 aliphatic rings. The second kappa shape index (κ2) is 7.80. The van der Waals surface area contributed by atoms with Gasteiger partial charge in [0.2, 0.25) is 0 Å². The number of amides is 1. The van der Waals surface area contributed by atoms with Crippen molar-refractivity contribution in [1.29, 1.82) is 0 Å². The van der Waals surface area contributed by atoms with Gasteiger partial charge in [-0.1, -0.05) is 41.9 Å². The maximum Gasteiger partial charge on any atom is 0.316 e. The Balaban J connectivity index is 1.30. The number of ether oxygens (including phenoxy) is 2. The lowest BCUT2D eigenvalue weighted by atomic mass is 10.1. The number of hydrogen-bond acceptors (Lipinski definition) is 5. The molecule has 0 spiro atoms. The highest BCUT2D eigenvalue weighted by atomic mass is 35.5. The van der Waals surface area contributed by atoms with Gasteiger partial charge in [-0.05, 0) is 22.9 Å². The fourth-order valence-electron chi connectivity index (χ4n) is 3.05. The van der Waals surface area contributed by atoms with Gasteiger partial charge in [0.05, 0.1) is 24.0 Å². The number of benzene rings is 2. The lowest BCUT2D eigenvalue weighted by Crippen LogP contribution is -2.34. The number of rotatable bonds is 5. The molecule has 0 bridgehead atoms. The molecule has 2 aromatic carbocycles. The molecule has 7 heteroatoms. The van der Waals surface area contributed by atoms with E-state index in [2.05, 4.69) is 9.97 Å². The van der Waals surface area contributed by atoms with Gasteiger partial charge in [-0.3, -0.25) is 4.79 Å². The smallest absolute Gasteiger partial charge is 0.316 e. The second-order valence-electron chi connectivity index (χ2n) is 6.35. The Hall–Kier alpha value is -2.86. The van der Waals surface area contributed by atoms with E-state index in [1.807, 2.05) is 42.5 Å². The van der Waals surface area contributed by atoms with Crippen LogP contribution in [0.25, 0.3) is 10.8 Å². The molecule has 1 atom stereocenters. The molecule has 0 N–H and O–H groups in total. The molecule has 0 aliphatic carbocycles. The normalized spacial score (nSPS) is 16.5. The third-order valence-corrected chi connectivity index (χ3v) is 4.64. The van der Waals surface area contributed by atoms with E-state index in [4.69, 9.17) is 21.1 Å². The summed E-state index contributed by atoms with van der Waals surface area (Å²) >= 11 is 5.76. The van der Waals surface area contributed by atoms with Crippen LogP contribution in [0.1, 0.15) is 6.42 Å². The third kappa shape index (κ3) is 4.28. The molecule has 4 rings (SSSR count). The zero-order valence-electron chi connectivity index (χ0n) is 14.5. The van der Waals surface area contributed by atoms with E-state index in [1.54, 1.807) is 4.90 Å². The van der Waals surface area contributed by atoms with Gasteiger partial charge in [-0.2, -0.15) is 0 Å². The molecule has 27 heavy (non-hydrogen) atoms. The Bertz CT molecular complexity index is 949. The number of carbonyl (C=O) groups is 1. The van der Waals surface area contributed by atoms with Crippen molar-refractivity contribution in [2.45, 2.75) is 12.5 Å². The first kappa shape index (κ1) is 17.5. The molecule has 2 heterocycles. The van der Waals surface area contributed by atoms with E-state index < -0.39 is 0 Å². The van der Waals surface area contributed by atoms with Gasteiger partial charge in [-0.15, -0.1) is 0 Å². The van der Waals surface area contributed by atoms with Crippen LogP contribution in [0.4, 0.5) is 0 Å². The number of carbonyl (C=O) groups excluding carboxylic acids is 1. The molecule has 138 valence electrons. The molecule has 1 aromatic heterocycles. The second-order valence-corrected chi connectivity index (χ2v) is 6.79. The number of likely N-dealkylation sites (tertiary alicyclic amines) is 1. The number of halogens is 1. The molecular formula is C20H18ClN3O3. The van der Waals surface area contributed by atoms with Gasteiger partial charge in [-0.25, -0.2) is 9.97 Å². The van der Waals surface area contributed by atoms with Crippen molar-refractivity contribution in [1.82, 2.24) is 14.9 Å². The van der Waals surface area contributed by atoms with Crippen molar-refractivity contribution >= 4 is 28.3 Å². The summed E-state index contributed by atoms with van der Waals surface area (Å²) in [5.74, 6) is 0.620. The van der Waals surface area contributed by atoms with Crippen LogP contribution in [0.5, 0.6) is 11.8 Å². The van der Waals surface area contributed by atoms with E-state index in [9.17, 15) is 4.79 Å². The number of nitrogens with zero attached hydrogens (tertiary/aromatic N) is 3. The van der Waals surface area contributed by atoms with Gasteiger partial charge >= 0.3 is 6.01 Å². The molecule has 1 amide bonds. The summed E-state index contributed by atoms with van der Waals surface area (Å²) in [7, 11) is 0. The minimum Gasteiger partial charge on any atom is -0.484 e. The summed E-state index contributed by atoms with van der Waals surface area (Å²) < 4.78 is 11.4. The Morgan fingerprint density at radius 2 is 1.93 bits per heavy atom. The molecule has 1 aliphatic heterocycles. The molecule has 1 unspecified atom stereocenters. The van der Waals surface area contributed by atoms with Crippen LogP contribution in [0.2, 0.25) is 5.02 Å². The fourth-order valence-corrected chi connectivity index (χ4v) is 3.15. The summed E-state index contributed by atoms with van der Waals surface area (Å²) in [4.78, 5) is 22.2. The van der Waals surface area contributed by atoms with Gasteiger partial charge in [0.25, 0.3) is 5.91 Å². The van der Waals surface area contributed by atoms with Gasteiger partial charge in [0.15, 0.2) is 6.61 Å². The van der Waals surface area contributed by atoms with E-state index in [0.717, 1.165) is 17.2 Å². The highest BCUT2D eigenvalue weighted by molar-refractivity contribution is 6.30. The number of aromatic nitrogens is 2. The Morgan fingerprint density at radius 3 is 2.74 bits per heavy atom. The summed E-state index contributed by atoms with van der Waals surface area (Å²) in [5, 5.41) is 2.68. The molecule has 1 fully saturated rings. The third-order valence-electron chi connectivity index (χ3n) is 4.45. The molecule has 3 aromatic rings. The van der Waals surface area contributed by atoms with Crippen LogP contribution in [-0.2, 0) is 4.79 Å². The monoisotopic (exact) mass is 383 g/mol. The van der Waals surface area contributed by atoms with Crippen molar-refractivity contribution in [3.05, 3.63) is 59.9 Å². The molecular weight excluding hydrogens is 366 g/mol. The SMILES string of the molecule is O=C(COc1ccc2ccccc2c1)N1CCC(Oc2ncc(Cl)cn2)C1. The topological polar surface area (TPSA) is 64.5 Å². The van der Waals surface area contributed by atoms with Gasteiger partial charge in [0, 0.05) is 13.0 Å². The summed E-state index contributed by atoms with van der Waals surface area (Å²) in [6.45, 7) is 1.12. The van der Waals surface area contributed by atoms with Gasteiger partial charge < -0.3 is 14.4 Å². The number of fused-ring (bicyclic) bond motifs is 1. The standard InChI is InChI=1S/C20H18ClN3O3/c21-16-10-22-20(23-11-16)27-18-7-8-24(12-18)19(25)13-26-17-6-5-14-3-1-2-4-15(14)9-17/h1-6,9-11,18H,7-8,12-13H2. The van der Waals surface area contributed by atoms with Gasteiger partial charge in [0.1, 0.15) is 11.9 Å². The van der Waals surface area contributed by atoms with Crippen molar-refractivity contribution in [2.75, 3.05) is 19.7 Å². The quantitative estimate of drug-likeness (QED) is 0.676. The predicted molar refractivity (Wildman–Crippen MR) is 102 cm³/mol. The Labute approximate surface area is 161 Å². The van der Waals surface area contributed by atoms with Crippen molar-refractivity contribution < 1.29 is 14.3 Å². The minimum atomic E-state index is -0.129. The lowest BCUT2D eigenvalue weighted by Gasteiger charge is -2.17. The summed E-state index contributed by atoms with van der Waals surface area (Å²) in [6, 6.07) is 14.1. The van der Waals surface area contributed by atoms with Crippen molar-refractivity contribution in [2.24, 2.45) is 0 Å². The highest BCUT2D eigenvalue weighted by Gasteiger charge is 2.28. The van der Waals surface area contributed by atoms with E-state index in [-0.39, 0.29) is 24.6 Å². The number of hydrogen-bond donors (Lipinski definition) is 0. The van der Waals surface area contributed by atoms with Crippen LogP contribution in [0, 0.1) is 0 Å². The van der Waals surface area contributed by atoms with Crippen molar-refractivity contribution in [3.63, 3.8) is 0 Å². The average Bonchev–Trinajstić information content (AvgIpc) is 3.16. The fraction of sp³-hybridized carbons (Fsp3) is 0.250. The molecule has 1 saturated heterocycles. The first-order chi connectivity index (χ1) is 13.2.